The highest BCUT2D eigenvalue weighted by Crippen LogP contribution is 2.24. The Hall–Kier alpha value is -0.120. The SMILES string of the molecule is CC1(CNC2CNC2)CCCO1. The van der Waals surface area contributed by atoms with E-state index < -0.39 is 0 Å². The van der Waals surface area contributed by atoms with Crippen molar-refractivity contribution in [1.82, 2.24) is 10.6 Å². The quantitative estimate of drug-likeness (QED) is 0.631. The second-order valence-corrected chi connectivity index (χ2v) is 4.14. The van der Waals surface area contributed by atoms with Gasteiger partial charge in [-0.15, -0.1) is 0 Å². The molecule has 0 bridgehead atoms. The molecule has 2 fully saturated rings. The Labute approximate surface area is 73.9 Å². The zero-order chi connectivity index (χ0) is 8.44. The second-order valence-electron chi connectivity index (χ2n) is 4.14. The fraction of sp³-hybridized carbons (Fsp3) is 1.00. The lowest BCUT2D eigenvalue weighted by molar-refractivity contribution is 0.0174. The molecule has 70 valence electrons. The zero-order valence-corrected chi connectivity index (χ0v) is 7.73. The van der Waals surface area contributed by atoms with Crippen LogP contribution in [-0.4, -0.2) is 37.9 Å². The molecule has 0 aliphatic carbocycles. The van der Waals surface area contributed by atoms with Crippen molar-refractivity contribution in [2.45, 2.75) is 31.4 Å². The first-order valence-corrected chi connectivity index (χ1v) is 4.87. The summed E-state index contributed by atoms with van der Waals surface area (Å²) in [5.74, 6) is 0. The third-order valence-electron chi connectivity index (χ3n) is 2.85. The van der Waals surface area contributed by atoms with E-state index in [9.17, 15) is 0 Å². The molecule has 1 atom stereocenters. The maximum atomic E-state index is 5.68. The predicted octanol–water partition coefficient (Wildman–Crippen LogP) is 0.117. The van der Waals surface area contributed by atoms with Gasteiger partial charge in [-0.05, 0) is 19.8 Å². The Morgan fingerprint density at radius 1 is 1.58 bits per heavy atom. The monoisotopic (exact) mass is 170 g/mol. The fourth-order valence-electron chi connectivity index (χ4n) is 1.77. The normalized spacial score (nSPS) is 36.8. The van der Waals surface area contributed by atoms with Crippen LogP contribution in [0.2, 0.25) is 0 Å². The third-order valence-corrected chi connectivity index (χ3v) is 2.85. The van der Waals surface area contributed by atoms with Crippen molar-refractivity contribution < 1.29 is 4.74 Å². The maximum absolute atomic E-state index is 5.68. The van der Waals surface area contributed by atoms with E-state index in [2.05, 4.69) is 17.6 Å². The molecule has 2 N–H and O–H groups in total. The molecule has 2 saturated heterocycles. The Morgan fingerprint density at radius 3 is 2.92 bits per heavy atom. The van der Waals surface area contributed by atoms with Crippen LogP contribution < -0.4 is 10.6 Å². The minimum Gasteiger partial charge on any atom is -0.374 e. The molecular formula is C9H18N2O. The van der Waals surface area contributed by atoms with Gasteiger partial charge in [-0.3, -0.25) is 0 Å². The molecule has 3 nitrogen and oxygen atoms in total. The first-order chi connectivity index (χ1) is 5.79. The van der Waals surface area contributed by atoms with Crippen LogP contribution in [-0.2, 0) is 4.74 Å². The van der Waals surface area contributed by atoms with Crippen LogP contribution in [0.1, 0.15) is 19.8 Å². The number of hydrogen-bond acceptors (Lipinski definition) is 3. The van der Waals surface area contributed by atoms with E-state index in [-0.39, 0.29) is 5.60 Å². The molecule has 0 aromatic heterocycles. The van der Waals surface area contributed by atoms with Crippen molar-refractivity contribution in [3.8, 4) is 0 Å². The van der Waals surface area contributed by atoms with Gasteiger partial charge in [0, 0.05) is 32.3 Å². The minimum atomic E-state index is 0.121. The maximum Gasteiger partial charge on any atom is 0.0779 e. The summed E-state index contributed by atoms with van der Waals surface area (Å²) in [4.78, 5) is 0. The van der Waals surface area contributed by atoms with Crippen LogP contribution in [0.5, 0.6) is 0 Å². The molecule has 12 heavy (non-hydrogen) atoms. The highest BCUT2D eigenvalue weighted by atomic mass is 16.5. The summed E-state index contributed by atoms with van der Waals surface area (Å²) in [6.07, 6.45) is 2.43. The van der Waals surface area contributed by atoms with E-state index in [1.165, 1.54) is 12.8 Å². The number of ether oxygens (including phenoxy) is 1. The summed E-state index contributed by atoms with van der Waals surface area (Å²) in [6, 6.07) is 0.686. The van der Waals surface area contributed by atoms with Crippen molar-refractivity contribution >= 4 is 0 Å². The average Bonchev–Trinajstić information content (AvgIpc) is 2.33. The largest absolute Gasteiger partial charge is 0.374 e. The van der Waals surface area contributed by atoms with Crippen LogP contribution in [0.3, 0.4) is 0 Å². The fourth-order valence-corrected chi connectivity index (χ4v) is 1.77. The average molecular weight is 170 g/mol. The predicted molar refractivity (Wildman–Crippen MR) is 48.3 cm³/mol. The van der Waals surface area contributed by atoms with Gasteiger partial charge in [0.2, 0.25) is 0 Å². The second kappa shape index (κ2) is 3.32. The molecule has 0 saturated carbocycles. The Kier molecular flexibility index (Phi) is 2.35. The molecule has 2 aliphatic rings. The zero-order valence-electron chi connectivity index (χ0n) is 7.73. The lowest BCUT2D eigenvalue weighted by Crippen LogP contribution is -2.58. The summed E-state index contributed by atoms with van der Waals surface area (Å²) in [7, 11) is 0. The molecule has 0 amide bonds. The molecule has 2 heterocycles. The Balaban J connectivity index is 1.70. The lowest BCUT2D eigenvalue weighted by atomic mass is 10.0. The van der Waals surface area contributed by atoms with Crippen LogP contribution in [0, 0.1) is 0 Å². The topological polar surface area (TPSA) is 33.3 Å². The summed E-state index contributed by atoms with van der Waals surface area (Å²) in [6.45, 7) is 6.41. The van der Waals surface area contributed by atoms with Crippen molar-refractivity contribution in [3.63, 3.8) is 0 Å². The Bertz CT molecular complexity index is 151. The molecule has 1 unspecified atom stereocenters. The van der Waals surface area contributed by atoms with Crippen LogP contribution in [0.25, 0.3) is 0 Å². The van der Waals surface area contributed by atoms with Gasteiger partial charge < -0.3 is 15.4 Å². The molecule has 3 heteroatoms. The molecule has 2 aliphatic heterocycles. The standard InChI is InChI=1S/C9H18N2O/c1-9(3-2-4-12-9)7-11-8-5-10-6-8/h8,10-11H,2-7H2,1H3. The van der Waals surface area contributed by atoms with E-state index in [4.69, 9.17) is 4.74 Å². The number of hydrogen-bond donors (Lipinski definition) is 2. The smallest absolute Gasteiger partial charge is 0.0779 e. The van der Waals surface area contributed by atoms with Crippen LogP contribution in [0.15, 0.2) is 0 Å². The summed E-state index contributed by atoms with van der Waals surface area (Å²) >= 11 is 0. The molecule has 0 aromatic rings. The third kappa shape index (κ3) is 1.79. The highest BCUT2D eigenvalue weighted by molar-refractivity contribution is 4.88. The lowest BCUT2D eigenvalue weighted by Gasteiger charge is -2.32. The Morgan fingerprint density at radius 2 is 2.42 bits per heavy atom. The highest BCUT2D eigenvalue weighted by Gasteiger charge is 2.30. The molecule has 0 radical (unpaired) electrons. The summed E-state index contributed by atoms with van der Waals surface area (Å²) in [5, 5.41) is 6.76. The van der Waals surface area contributed by atoms with Crippen molar-refractivity contribution in [2.75, 3.05) is 26.2 Å². The van der Waals surface area contributed by atoms with E-state index in [1.54, 1.807) is 0 Å². The van der Waals surface area contributed by atoms with E-state index in [1.807, 2.05) is 0 Å². The van der Waals surface area contributed by atoms with Gasteiger partial charge in [0.15, 0.2) is 0 Å². The number of rotatable bonds is 3. The van der Waals surface area contributed by atoms with Crippen molar-refractivity contribution in [1.29, 1.82) is 0 Å². The molecule has 0 spiro atoms. The summed E-state index contributed by atoms with van der Waals surface area (Å²) in [5.41, 5.74) is 0.121. The van der Waals surface area contributed by atoms with Gasteiger partial charge in [0.1, 0.15) is 0 Å². The number of nitrogens with one attached hydrogen (secondary N) is 2. The first kappa shape index (κ1) is 8.48. The van der Waals surface area contributed by atoms with Gasteiger partial charge in [-0.25, -0.2) is 0 Å². The van der Waals surface area contributed by atoms with Gasteiger partial charge >= 0.3 is 0 Å². The van der Waals surface area contributed by atoms with Gasteiger partial charge in [-0.1, -0.05) is 0 Å². The van der Waals surface area contributed by atoms with Gasteiger partial charge in [0.25, 0.3) is 0 Å². The van der Waals surface area contributed by atoms with Gasteiger partial charge in [-0.2, -0.15) is 0 Å². The van der Waals surface area contributed by atoms with Crippen molar-refractivity contribution in [2.24, 2.45) is 0 Å². The van der Waals surface area contributed by atoms with Crippen molar-refractivity contribution in [3.05, 3.63) is 0 Å². The molecule has 0 aromatic carbocycles. The van der Waals surface area contributed by atoms with Crippen LogP contribution in [0.4, 0.5) is 0 Å². The van der Waals surface area contributed by atoms with E-state index >= 15 is 0 Å². The van der Waals surface area contributed by atoms with E-state index in [0.717, 1.165) is 26.2 Å². The first-order valence-electron chi connectivity index (χ1n) is 4.87. The molecular weight excluding hydrogens is 152 g/mol. The van der Waals surface area contributed by atoms with Crippen LogP contribution >= 0.6 is 0 Å². The summed E-state index contributed by atoms with van der Waals surface area (Å²) < 4.78 is 5.68. The van der Waals surface area contributed by atoms with E-state index in [0.29, 0.717) is 6.04 Å². The minimum absolute atomic E-state index is 0.121. The molecule has 2 rings (SSSR count). The van der Waals surface area contributed by atoms with Gasteiger partial charge in [0.05, 0.1) is 5.60 Å².